The molecule has 1 aliphatic rings. The lowest BCUT2D eigenvalue weighted by Gasteiger charge is -2.28. The molecule has 0 spiro atoms. The zero-order valence-corrected chi connectivity index (χ0v) is 16.9. The predicted octanol–water partition coefficient (Wildman–Crippen LogP) is 3.20. The minimum Gasteiger partial charge on any atom is -0.455 e. The van der Waals surface area contributed by atoms with E-state index in [2.05, 4.69) is 27.9 Å². The minimum absolute atomic E-state index is 0.0205. The molecule has 2 aromatic rings. The van der Waals surface area contributed by atoms with E-state index in [1.807, 2.05) is 18.2 Å². The number of benzene rings is 1. The molecule has 2 amide bonds. The van der Waals surface area contributed by atoms with E-state index in [1.54, 1.807) is 25.2 Å². The lowest BCUT2D eigenvalue weighted by Crippen LogP contribution is -2.32. The number of pyridine rings is 1. The number of piperidine rings is 1. The molecule has 7 nitrogen and oxygen atoms in total. The molecule has 29 heavy (non-hydrogen) atoms. The minimum atomic E-state index is -0.288. The van der Waals surface area contributed by atoms with Gasteiger partial charge in [0.2, 0.25) is 5.91 Å². The van der Waals surface area contributed by atoms with Gasteiger partial charge in [-0.2, -0.15) is 0 Å². The number of hydrogen-bond acceptors (Lipinski definition) is 5. The number of para-hydroxylation sites is 2. The van der Waals surface area contributed by atoms with E-state index in [-0.39, 0.29) is 17.5 Å². The maximum Gasteiger partial charge on any atom is 0.269 e. The lowest BCUT2D eigenvalue weighted by molar-refractivity contribution is -0.117. The molecule has 1 aromatic heterocycles. The van der Waals surface area contributed by atoms with Crippen molar-refractivity contribution < 1.29 is 14.3 Å². The van der Waals surface area contributed by atoms with Crippen molar-refractivity contribution in [2.75, 3.05) is 25.5 Å². The normalized spacial score (nSPS) is 15.4. The SMILES string of the molecule is CNC(=O)c1cc(Oc2ccccc2NC(=O)CC(C)C2CCNCC2)ccn1. The Hall–Kier alpha value is -2.93. The van der Waals surface area contributed by atoms with Gasteiger partial charge in [-0.1, -0.05) is 19.1 Å². The van der Waals surface area contributed by atoms with E-state index in [9.17, 15) is 9.59 Å². The van der Waals surface area contributed by atoms with Crippen molar-refractivity contribution in [1.29, 1.82) is 0 Å². The molecule has 1 atom stereocenters. The lowest BCUT2D eigenvalue weighted by atomic mass is 9.84. The second kappa shape index (κ2) is 10.0. The second-order valence-electron chi connectivity index (χ2n) is 7.37. The van der Waals surface area contributed by atoms with Crippen molar-refractivity contribution in [3.63, 3.8) is 0 Å². The molecular formula is C22H28N4O3. The molecule has 1 fully saturated rings. The summed E-state index contributed by atoms with van der Waals surface area (Å²) in [5.74, 6) is 1.60. The van der Waals surface area contributed by atoms with E-state index in [1.165, 1.54) is 6.20 Å². The molecule has 1 unspecified atom stereocenters. The summed E-state index contributed by atoms with van der Waals surface area (Å²) in [7, 11) is 1.55. The fourth-order valence-corrected chi connectivity index (χ4v) is 3.59. The van der Waals surface area contributed by atoms with Crippen LogP contribution in [-0.4, -0.2) is 36.9 Å². The third-order valence-corrected chi connectivity index (χ3v) is 5.28. The van der Waals surface area contributed by atoms with Crippen LogP contribution in [0.25, 0.3) is 0 Å². The molecule has 1 aliphatic heterocycles. The average molecular weight is 396 g/mol. The number of aromatic nitrogens is 1. The fraction of sp³-hybridized carbons (Fsp3) is 0.409. The van der Waals surface area contributed by atoms with Gasteiger partial charge < -0.3 is 20.7 Å². The number of rotatable bonds is 7. The first-order valence-corrected chi connectivity index (χ1v) is 10.0. The van der Waals surface area contributed by atoms with Gasteiger partial charge in [0.1, 0.15) is 11.4 Å². The highest BCUT2D eigenvalue weighted by molar-refractivity contribution is 5.93. The standard InChI is InChI=1S/C22H28N4O3/c1-15(16-7-10-24-11-8-16)13-21(27)26-18-5-3-4-6-20(18)29-17-9-12-25-19(14-17)22(28)23-2/h3-6,9,12,14-16,24H,7-8,10-11,13H2,1-2H3,(H,23,28)(H,26,27). The van der Waals surface area contributed by atoms with Crippen LogP contribution < -0.4 is 20.7 Å². The summed E-state index contributed by atoms with van der Waals surface area (Å²) in [6.07, 6.45) is 4.23. The Bertz CT molecular complexity index is 849. The van der Waals surface area contributed by atoms with Gasteiger partial charge in [-0.15, -0.1) is 0 Å². The highest BCUT2D eigenvalue weighted by Crippen LogP contribution is 2.30. The van der Waals surface area contributed by atoms with Crippen molar-refractivity contribution in [2.45, 2.75) is 26.2 Å². The monoisotopic (exact) mass is 396 g/mol. The van der Waals surface area contributed by atoms with E-state index < -0.39 is 0 Å². The third-order valence-electron chi connectivity index (χ3n) is 5.28. The Labute approximate surface area is 171 Å². The summed E-state index contributed by atoms with van der Waals surface area (Å²) < 4.78 is 5.92. The van der Waals surface area contributed by atoms with Crippen LogP contribution >= 0.6 is 0 Å². The van der Waals surface area contributed by atoms with Crippen LogP contribution in [0, 0.1) is 11.8 Å². The fourth-order valence-electron chi connectivity index (χ4n) is 3.59. The van der Waals surface area contributed by atoms with Crippen molar-refractivity contribution in [1.82, 2.24) is 15.6 Å². The molecule has 0 aliphatic carbocycles. The van der Waals surface area contributed by atoms with Crippen LogP contribution in [0.1, 0.15) is 36.7 Å². The van der Waals surface area contributed by atoms with Crippen LogP contribution in [0.3, 0.4) is 0 Å². The molecule has 3 rings (SSSR count). The van der Waals surface area contributed by atoms with Crippen LogP contribution in [-0.2, 0) is 4.79 Å². The van der Waals surface area contributed by atoms with E-state index in [0.29, 0.717) is 35.4 Å². The molecule has 7 heteroatoms. The smallest absolute Gasteiger partial charge is 0.269 e. The first-order valence-electron chi connectivity index (χ1n) is 10.0. The van der Waals surface area contributed by atoms with Gasteiger partial charge in [-0.3, -0.25) is 14.6 Å². The Morgan fingerprint density at radius 2 is 2.00 bits per heavy atom. The number of carbonyl (C=O) groups is 2. The number of hydrogen-bond donors (Lipinski definition) is 3. The molecule has 1 aromatic carbocycles. The van der Waals surface area contributed by atoms with Gasteiger partial charge in [0.05, 0.1) is 5.69 Å². The summed E-state index contributed by atoms with van der Waals surface area (Å²) in [6.45, 7) is 4.20. The molecule has 2 heterocycles. The predicted molar refractivity (Wildman–Crippen MR) is 112 cm³/mol. The Balaban J connectivity index is 1.66. The van der Waals surface area contributed by atoms with Gasteiger partial charge in [0.25, 0.3) is 5.91 Å². The van der Waals surface area contributed by atoms with Crippen molar-refractivity contribution >= 4 is 17.5 Å². The zero-order chi connectivity index (χ0) is 20.6. The van der Waals surface area contributed by atoms with E-state index >= 15 is 0 Å². The molecular weight excluding hydrogens is 368 g/mol. The van der Waals surface area contributed by atoms with Gasteiger partial charge in [-0.25, -0.2) is 0 Å². The Morgan fingerprint density at radius 1 is 1.24 bits per heavy atom. The summed E-state index contributed by atoms with van der Waals surface area (Å²) in [5, 5.41) is 8.87. The maximum absolute atomic E-state index is 12.6. The number of carbonyl (C=O) groups excluding carboxylic acids is 2. The summed E-state index contributed by atoms with van der Waals surface area (Å²) in [5.41, 5.74) is 0.871. The largest absolute Gasteiger partial charge is 0.455 e. The van der Waals surface area contributed by atoms with Gasteiger partial charge in [0, 0.05) is 25.7 Å². The second-order valence-corrected chi connectivity index (χ2v) is 7.37. The number of ether oxygens (including phenoxy) is 1. The first-order chi connectivity index (χ1) is 14.1. The van der Waals surface area contributed by atoms with Gasteiger partial charge in [-0.05, 0) is 56.0 Å². The van der Waals surface area contributed by atoms with Crippen molar-refractivity contribution in [3.8, 4) is 11.5 Å². The number of amides is 2. The highest BCUT2D eigenvalue weighted by atomic mass is 16.5. The number of nitrogens with one attached hydrogen (secondary N) is 3. The molecule has 0 radical (unpaired) electrons. The third kappa shape index (κ3) is 5.77. The average Bonchev–Trinajstić information content (AvgIpc) is 2.75. The maximum atomic E-state index is 12.6. The van der Waals surface area contributed by atoms with E-state index in [4.69, 9.17) is 4.74 Å². The molecule has 0 saturated carbocycles. The van der Waals surface area contributed by atoms with E-state index in [0.717, 1.165) is 25.9 Å². The van der Waals surface area contributed by atoms with Crippen LogP contribution in [0.4, 0.5) is 5.69 Å². The number of anilines is 1. The van der Waals surface area contributed by atoms with Crippen LogP contribution in [0.2, 0.25) is 0 Å². The number of nitrogens with zero attached hydrogens (tertiary/aromatic N) is 1. The Morgan fingerprint density at radius 3 is 2.76 bits per heavy atom. The first kappa shape index (κ1) is 20.8. The van der Waals surface area contributed by atoms with Crippen molar-refractivity contribution in [3.05, 3.63) is 48.3 Å². The Kier molecular flexibility index (Phi) is 7.19. The zero-order valence-electron chi connectivity index (χ0n) is 16.9. The molecule has 154 valence electrons. The molecule has 0 bridgehead atoms. The quantitative estimate of drug-likeness (QED) is 0.668. The summed E-state index contributed by atoms with van der Waals surface area (Å²) in [4.78, 5) is 28.4. The molecule has 3 N–H and O–H groups in total. The van der Waals surface area contributed by atoms with Gasteiger partial charge >= 0.3 is 0 Å². The van der Waals surface area contributed by atoms with Crippen LogP contribution in [0.15, 0.2) is 42.6 Å². The van der Waals surface area contributed by atoms with Gasteiger partial charge in [0.15, 0.2) is 5.75 Å². The summed E-state index contributed by atoms with van der Waals surface area (Å²) >= 11 is 0. The highest BCUT2D eigenvalue weighted by Gasteiger charge is 2.22. The van der Waals surface area contributed by atoms with Crippen molar-refractivity contribution in [2.24, 2.45) is 11.8 Å². The summed E-state index contributed by atoms with van der Waals surface area (Å²) in [6, 6.07) is 10.5. The van der Waals surface area contributed by atoms with Crippen LogP contribution in [0.5, 0.6) is 11.5 Å². The topological polar surface area (TPSA) is 92.4 Å². The molecule has 1 saturated heterocycles.